The van der Waals surface area contributed by atoms with Gasteiger partial charge in [-0.15, -0.1) is 0 Å². The molecule has 0 spiro atoms. The molecule has 0 aliphatic carbocycles. The van der Waals surface area contributed by atoms with E-state index in [9.17, 15) is 14.4 Å². The first-order valence-corrected chi connectivity index (χ1v) is 13.4. The Morgan fingerprint density at radius 3 is 2.46 bits per heavy atom. The van der Waals surface area contributed by atoms with Crippen LogP contribution in [0.1, 0.15) is 37.2 Å². The summed E-state index contributed by atoms with van der Waals surface area (Å²) < 4.78 is 12.3. The molecule has 4 rings (SSSR count). The second-order valence-electron chi connectivity index (χ2n) is 9.47. The molecular formula is C30H34N6O5. The highest BCUT2D eigenvalue weighted by Crippen LogP contribution is 2.30. The molecule has 4 aromatic rings. The molecule has 214 valence electrons. The van der Waals surface area contributed by atoms with Gasteiger partial charge in [-0.25, -0.2) is 14.8 Å². The summed E-state index contributed by atoms with van der Waals surface area (Å²) in [5.41, 5.74) is 10.8. The van der Waals surface area contributed by atoms with Crippen molar-refractivity contribution in [1.29, 1.82) is 0 Å². The zero-order valence-corrected chi connectivity index (χ0v) is 23.2. The van der Waals surface area contributed by atoms with Gasteiger partial charge in [-0.3, -0.25) is 9.59 Å². The summed E-state index contributed by atoms with van der Waals surface area (Å²) in [4.78, 5) is 44.9. The summed E-state index contributed by atoms with van der Waals surface area (Å²) in [6, 6.07) is 15.5. The number of ether oxygens (including phenoxy) is 2. The lowest BCUT2D eigenvalue weighted by molar-refractivity contribution is -0.143. The Balaban J connectivity index is 1.47. The molecule has 0 radical (unpaired) electrons. The van der Waals surface area contributed by atoms with Gasteiger partial charge in [0.1, 0.15) is 17.9 Å². The minimum absolute atomic E-state index is 0.0515. The molecule has 0 aliphatic rings. The highest BCUT2D eigenvalue weighted by molar-refractivity contribution is 6.06. The standard InChI is InChI=1S/C30H34N6O5/c1-4-40-25(37)14-13-24-35-26-27(22-7-5-6-8-23(22)34-28(26)31)36(24)18-21-11-9-20(10-12-21)17-33-30(39)41-16-15-32-29(38)19(2)3/h5-12H,2,4,13-18H2,1,3H3,(H2,31,34)(H,32,38)(H,33,39). The van der Waals surface area contributed by atoms with Crippen molar-refractivity contribution in [1.82, 2.24) is 25.2 Å². The smallest absolute Gasteiger partial charge is 0.407 e. The van der Waals surface area contributed by atoms with Crippen LogP contribution >= 0.6 is 0 Å². The fourth-order valence-corrected chi connectivity index (χ4v) is 4.34. The third kappa shape index (κ3) is 7.38. The summed E-state index contributed by atoms with van der Waals surface area (Å²) >= 11 is 0. The molecule has 2 aromatic carbocycles. The maximum Gasteiger partial charge on any atom is 0.407 e. The number of aromatic nitrogens is 3. The van der Waals surface area contributed by atoms with Gasteiger partial charge in [-0.05, 0) is 31.0 Å². The van der Waals surface area contributed by atoms with E-state index in [-0.39, 0.29) is 38.0 Å². The third-order valence-corrected chi connectivity index (χ3v) is 6.36. The summed E-state index contributed by atoms with van der Waals surface area (Å²) in [5.74, 6) is 0.485. The predicted octanol–water partition coefficient (Wildman–Crippen LogP) is 3.63. The van der Waals surface area contributed by atoms with Gasteiger partial charge in [0.25, 0.3) is 0 Å². The lowest BCUT2D eigenvalue weighted by Crippen LogP contribution is -2.31. The number of fused-ring (bicyclic) bond motifs is 3. The molecule has 2 heterocycles. The van der Waals surface area contributed by atoms with Gasteiger partial charge in [-0.2, -0.15) is 0 Å². The zero-order chi connectivity index (χ0) is 29.4. The van der Waals surface area contributed by atoms with Crippen molar-refractivity contribution in [3.8, 4) is 0 Å². The number of nitrogens with one attached hydrogen (secondary N) is 2. The predicted molar refractivity (Wildman–Crippen MR) is 156 cm³/mol. The molecule has 41 heavy (non-hydrogen) atoms. The van der Waals surface area contributed by atoms with Gasteiger partial charge in [0.15, 0.2) is 5.82 Å². The van der Waals surface area contributed by atoms with E-state index in [1.54, 1.807) is 13.8 Å². The first-order chi connectivity index (χ1) is 19.8. The topological polar surface area (TPSA) is 150 Å². The lowest BCUT2D eigenvalue weighted by Gasteiger charge is -2.12. The normalized spacial score (nSPS) is 10.9. The molecule has 0 fully saturated rings. The molecular weight excluding hydrogens is 524 g/mol. The quantitative estimate of drug-likeness (QED) is 0.136. The largest absolute Gasteiger partial charge is 0.466 e. The Labute approximate surface area is 237 Å². The highest BCUT2D eigenvalue weighted by Gasteiger charge is 2.18. The summed E-state index contributed by atoms with van der Waals surface area (Å²) in [7, 11) is 0. The molecule has 11 nitrogen and oxygen atoms in total. The number of para-hydroxylation sites is 1. The number of amides is 2. The second-order valence-corrected chi connectivity index (χ2v) is 9.47. The zero-order valence-electron chi connectivity index (χ0n) is 23.2. The molecule has 2 amide bonds. The average Bonchev–Trinajstić information content (AvgIpc) is 3.32. The molecule has 0 saturated carbocycles. The van der Waals surface area contributed by atoms with Crippen molar-refractivity contribution in [3.63, 3.8) is 0 Å². The number of nitrogens with zero attached hydrogens (tertiary/aromatic N) is 3. The fraction of sp³-hybridized carbons (Fsp3) is 0.300. The van der Waals surface area contributed by atoms with E-state index in [0.29, 0.717) is 42.3 Å². The number of carbonyl (C=O) groups excluding carboxylic acids is 3. The van der Waals surface area contributed by atoms with Gasteiger partial charge < -0.3 is 30.4 Å². The number of benzene rings is 2. The summed E-state index contributed by atoms with van der Waals surface area (Å²) in [5, 5.41) is 6.22. The minimum atomic E-state index is -0.576. The summed E-state index contributed by atoms with van der Waals surface area (Å²) in [6.07, 6.45) is 0.0129. The Bertz CT molecular complexity index is 1580. The number of hydrogen-bond donors (Lipinski definition) is 3. The first-order valence-electron chi connectivity index (χ1n) is 13.4. The third-order valence-electron chi connectivity index (χ3n) is 6.36. The maximum absolute atomic E-state index is 12.1. The van der Waals surface area contributed by atoms with E-state index in [1.807, 2.05) is 48.5 Å². The van der Waals surface area contributed by atoms with Crippen molar-refractivity contribution in [2.75, 3.05) is 25.5 Å². The minimum Gasteiger partial charge on any atom is -0.466 e. The Morgan fingerprint density at radius 1 is 1.00 bits per heavy atom. The van der Waals surface area contributed by atoms with E-state index in [0.717, 1.165) is 27.5 Å². The molecule has 2 aromatic heterocycles. The van der Waals surface area contributed by atoms with Crippen LogP contribution in [0.5, 0.6) is 0 Å². The number of anilines is 1. The monoisotopic (exact) mass is 558 g/mol. The van der Waals surface area contributed by atoms with Crippen LogP contribution in [-0.4, -0.2) is 52.3 Å². The molecule has 4 N–H and O–H groups in total. The van der Waals surface area contributed by atoms with Crippen molar-refractivity contribution < 1.29 is 23.9 Å². The number of alkyl carbamates (subject to hydrolysis) is 1. The number of rotatable bonds is 12. The molecule has 0 unspecified atom stereocenters. The van der Waals surface area contributed by atoms with E-state index in [1.165, 1.54) is 0 Å². The lowest BCUT2D eigenvalue weighted by atomic mass is 10.1. The van der Waals surface area contributed by atoms with Crippen molar-refractivity contribution in [2.45, 2.75) is 39.8 Å². The molecule has 11 heteroatoms. The second kappa shape index (κ2) is 13.4. The van der Waals surface area contributed by atoms with Gasteiger partial charge >= 0.3 is 12.1 Å². The SMILES string of the molecule is C=C(C)C(=O)NCCOC(=O)NCc1ccc(Cn2c(CCC(=O)OCC)nc3c(N)nc4ccccc4c32)cc1. The van der Waals surface area contributed by atoms with Crippen molar-refractivity contribution in [2.24, 2.45) is 0 Å². The number of esters is 1. The van der Waals surface area contributed by atoms with E-state index in [2.05, 4.69) is 26.8 Å². The summed E-state index contributed by atoms with van der Waals surface area (Å²) in [6.45, 7) is 8.29. The molecule has 0 bridgehead atoms. The Kier molecular flexibility index (Phi) is 9.51. The maximum atomic E-state index is 12.1. The number of nitrogen functional groups attached to an aromatic ring is 1. The number of aryl methyl sites for hydroxylation is 1. The van der Waals surface area contributed by atoms with Crippen LogP contribution in [0.3, 0.4) is 0 Å². The van der Waals surface area contributed by atoms with Crippen LogP contribution in [0.25, 0.3) is 21.9 Å². The van der Waals surface area contributed by atoms with Crippen LogP contribution in [0.2, 0.25) is 0 Å². The Hall–Kier alpha value is -4.93. The van der Waals surface area contributed by atoms with E-state index in [4.69, 9.17) is 20.2 Å². The average molecular weight is 559 g/mol. The van der Waals surface area contributed by atoms with Crippen LogP contribution in [-0.2, 0) is 38.6 Å². The number of hydrogen-bond acceptors (Lipinski definition) is 8. The molecule has 0 atom stereocenters. The molecule has 0 saturated heterocycles. The van der Waals surface area contributed by atoms with Crippen LogP contribution in [0.4, 0.5) is 10.6 Å². The molecule has 0 aliphatic heterocycles. The van der Waals surface area contributed by atoms with Crippen molar-refractivity contribution >= 4 is 45.7 Å². The van der Waals surface area contributed by atoms with E-state index >= 15 is 0 Å². The number of pyridine rings is 1. The highest BCUT2D eigenvalue weighted by atomic mass is 16.5. The Morgan fingerprint density at radius 2 is 1.73 bits per heavy atom. The van der Waals surface area contributed by atoms with Gasteiger partial charge in [0.2, 0.25) is 5.91 Å². The van der Waals surface area contributed by atoms with Crippen LogP contribution in [0.15, 0.2) is 60.7 Å². The van der Waals surface area contributed by atoms with Gasteiger partial charge in [0.05, 0.1) is 30.6 Å². The van der Waals surface area contributed by atoms with Gasteiger partial charge in [0, 0.05) is 30.5 Å². The number of nitrogens with two attached hydrogens (primary N) is 1. The van der Waals surface area contributed by atoms with Crippen LogP contribution in [0, 0.1) is 0 Å². The number of imidazole rings is 1. The van der Waals surface area contributed by atoms with Gasteiger partial charge in [-0.1, -0.05) is 49.0 Å². The van der Waals surface area contributed by atoms with E-state index < -0.39 is 6.09 Å². The number of carbonyl (C=O) groups is 3. The fourth-order valence-electron chi connectivity index (χ4n) is 4.34. The van der Waals surface area contributed by atoms with Crippen molar-refractivity contribution in [3.05, 3.63) is 77.6 Å². The van der Waals surface area contributed by atoms with Crippen LogP contribution < -0.4 is 16.4 Å². The first kappa shape index (κ1) is 29.1.